The summed E-state index contributed by atoms with van der Waals surface area (Å²) >= 11 is 0. The minimum Gasteiger partial charge on any atom is -0.497 e. The van der Waals surface area contributed by atoms with Crippen LogP contribution in [0.5, 0.6) is 5.75 Å². The zero-order chi connectivity index (χ0) is 20.2. The highest BCUT2D eigenvalue weighted by atomic mass is 16.5. The van der Waals surface area contributed by atoms with Crippen molar-refractivity contribution in [2.24, 2.45) is 0 Å². The van der Waals surface area contributed by atoms with E-state index in [1.807, 2.05) is 48.5 Å². The topological polar surface area (TPSA) is 87.2 Å². The molecule has 29 heavy (non-hydrogen) atoms. The van der Waals surface area contributed by atoms with Crippen molar-refractivity contribution >= 4 is 0 Å². The number of rotatable bonds is 6. The van der Waals surface area contributed by atoms with E-state index >= 15 is 0 Å². The number of nitrogens with zero attached hydrogens (tertiary/aromatic N) is 4. The number of hydrogen-bond acceptors (Lipinski definition) is 7. The smallest absolute Gasteiger partial charge is 0.244 e. The van der Waals surface area contributed by atoms with E-state index in [1.54, 1.807) is 7.11 Å². The Kier molecular flexibility index (Phi) is 5.56. The van der Waals surface area contributed by atoms with Gasteiger partial charge in [-0.3, -0.25) is 4.90 Å². The molecule has 2 unspecified atom stereocenters. The van der Waals surface area contributed by atoms with Crippen molar-refractivity contribution in [1.29, 1.82) is 5.26 Å². The average molecular weight is 389 g/mol. The average Bonchev–Trinajstić information content (AvgIpc) is 3.39. The van der Waals surface area contributed by atoms with Crippen molar-refractivity contribution in [3.8, 4) is 23.2 Å². The van der Waals surface area contributed by atoms with Crippen LogP contribution in [0.4, 0.5) is 0 Å². The van der Waals surface area contributed by atoms with Gasteiger partial charge in [-0.2, -0.15) is 10.2 Å². The van der Waals surface area contributed by atoms with Crippen molar-refractivity contribution in [2.75, 3.05) is 20.7 Å². The minimum atomic E-state index is 0.0810. The second kappa shape index (κ2) is 8.43. The molecule has 2 atom stereocenters. The van der Waals surface area contributed by atoms with Gasteiger partial charge in [0, 0.05) is 24.7 Å². The molecular weight excluding hydrogens is 366 g/mol. The number of benzene rings is 2. The minimum absolute atomic E-state index is 0.0810. The second-order valence-electron chi connectivity index (χ2n) is 7.27. The maximum absolute atomic E-state index is 9.04. The summed E-state index contributed by atoms with van der Waals surface area (Å²) in [5, 5.41) is 16.8. The molecule has 0 bridgehead atoms. The molecule has 1 N–H and O–H groups in total. The predicted molar refractivity (Wildman–Crippen MR) is 108 cm³/mol. The molecule has 1 aromatic heterocycles. The van der Waals surface area contributed by atoms with Gasteiger partial charge >= 0.3 is 0 Å². The monoisotopic (exact) mass is 389 g/mol. The van der Waals surface area contributed by atoms with E-state index in [9.17, 15) is 0 Å². The summed E-state index contributed by atoms with van der Waals surface area (Å²) in [5.74, 6) is 2.01. The van der Waals surface area contributed by atoms with Gasteiger partial charge in [-0.25, -0.2) is 0 Å². The van der Waals surface area contributed by atoms with Crippen LogP contribution in [0.1, 0.15) is 29.5 Å². The van der Waals surface area contributed by atoms with Gasteiger partial charge in [-0.05, 0) is 55.4 Å². The Balaban J connectivity index is 1.39. The zero-order valence-electron chi connectivity index (χ0n) is 16.5. The van der Waals surface area contributed by atoms with Crippen LogP contribution in [0.3, 0.4) is 0 Å². The Morgan fingerprint density at radius 2 is 2.10 bits per heavy atom. The maximum atomic E-state index is 9.04. The molecule has 2 heterocycles. The van der Waals surface area contributed by atoms with Crippen LogP contribution < -0.4 is 10.1 Å². The summed E-state index contributed by atoms with van der Waals surface area (Å²) in [6, 6.07) is 17.9. The van der Waals surface area contributed by atoms with Crippen LogP contribution in [0.25, 0.3) is 11.4 Å². The summed E-state index contributed by atoms with van der Waals surface area (Å²) in [5.41, 5.74) is 2.69. The molecule has 1 saturated heterocycles. The molecule has 0 amide bonds. The van der Waals surface area contributed by atoms with E-state index in [-0.39, 0.29) is 6.04 Å². The third-order valence-corrected chi connectivity index (χ3v) is 5.27. The lowest BCUT2D eigenvalue weighted by atomic mass is 10.1. The molecule has 0 spiro atoms. The highest BCUT2D eigenvalue weighted by Crippen LogP contribution is 2.31. The molecule has 2 aromatic carbocycles. The summed E-state index contributed by atoms with van der Waals surface area (Å²) in [4.78, 5) is 6.85. The molecule has 0 saturated carbocycles. The Hall–Kier alpha value is -3.21. The number of nitrogens with one attached hydrogen (secondary N) is 1. The highest BCUT2D eigenvalue weighted by molar-refractivity contribution is 5.55. The number of ether oxygens (including phenoxy) is 1. The summed E-state index contributed by atoms with van der Waals surface area (Å²) in [6.45, 7) is 1.62. The zero-order valence-corrected chi connectivity index (χ0v) is 16.5. The summed E-state index contributed by atoms with van der Waals surface area (Å²) in [6.07, 6.45) is 0.888. The molecule has 1 aliphatic heterocycles. The molecule has 1 fully saturated rings. The SMILES string of the molecule is COc1ccc(-c2noc(C3CC(NCc4cccc(C#N)c4)CN3C)n2)cc1. The molecule has 3 aromatic rings. The van der Waals surface area contributed by atoms with E-state index in [0.717, 1.165) is 36.4 Å². The first-order chi connectivity index (χ1) is 14.2. The van der Waals surface area contributed by atoms with Crippen molar-refractivity contribution in [1.82, 2.24) is 20.4 Å². The normalized spacial score (nSPS) is 19.2. The van der Waals surface area contributed by atoms with Crippen molar-refractivity contribution in [2.45, 2.75) is 25.0 Å². The third kappa shape index (κ3) is 4.29. The molecular formula is C22H23N5O2. The Morgan fingerprint density at radius 3 is 2.86 bits per heavy atom. The predicted octanol–water partition coefficient (Wildman–Crippen LogP) is 3.15. The molecule has 0 aliphatic carbocycles. The van der Waals surface area contributed by atoms with Crippen LogP contribution in [0.15, 0.2) is 53.1 Å². The Labute approximate surface area is 169 Å². The molecule has 148 valence electrons. The van der Waals surface area contributed by atoms with Gasteiger partial charge in [0.1, 0.15) is 5.75 Å². The molecule has 1 aliphatic rings. The van der Waals surface area contributed by atoms with Crippen molar-refractivity contribution in [3.63, 3.8) is 0 Å². The van der Waals surface area contributed by atoms with Crippen LogP contribution in [0, 0.1) is 11.3 Å². The molecule has 7 heteroatoms. The summed E-state index contributed by atoms with van der Waals surface area (Å²) < 4.78 is 10.8. The number of aromatic nitrogens is 2. The number of methoxy groups -OCH3 is 1. The standard InChI is InChI=1S/C22H23N5O2/c1-27-14-18(24-13-16-5-3-4-15(10-16)12-23)11-20(27)22-25-21(26-29-22)17-6-8-19(28-2)9-7-17/h3-10,18,20,24H,11,13-14H2,1-2H3. The third-order valence-electron chi connectivity index (χ3n) is 5.27. The van der Waals surface area contributed by atoms with Crippen molar-refractivity contribution in [3.05, 3.63) is 65.5 Å². The van der Waals surface area contributed by atoms with Crippen molar-refractivity contribution < 1.29 is 9.26 Å². The summed E-state index contributed by atoms with van der Waals surface area (Å²) in [7, 11) is 3.71. The first kappa shape index (κ1) is 19.1. The quantitative estimate of drug-likeness (QED) is 0.693. The Morgan fingerprint density at radius 1 is 1.28 bits per heavy atom. The van der Waals surface area contributed by atoms with E-state index in [2.05, 4.69) is 33.5 Å². The second-order valence-corrected chi connectivity index (χ2v) is 7.27. The van der Waals surface area contributed by atoms with Crippen LogP contribution in [-0.4, -0.2) is 41.8 Å². The van der Waals surface area contributed by atoms with Gasteiger partial charge in [0.2, 0.25) is 11.7 Å². The van der Waals surface area contributed by atoms with E-state index in [4.69, 9.17) is 14.5 Å². The number of likely N-dealkylation sites (tertiary alicyclic amines) is 1. The number of nitriles is 1. The van der Waals surface area contributed by atoms with Gasteiger partial charge in [-0.1, -0.05) is 17.3 Å². The maximum Gasteiger partial charge on any atom is 0.244 e. The largest absolute Gasteiger partial charge is 0.497 e. The van der Waals surface area contributed by atoms with Gasteiger partial charge in [0.25, 0.3) is 0 Å². The van der Waals surface area contributed by atoms with Crippen LogP contribution in [-0.2, 0) is 6.54 Å². The lowest BCUT2D eigenvalue weighted by Gasteiger charge is -2.14. The molecule has 7 nitrogen and oxygen atoms in total. The van der Waals surface area contributed by atoms with Crippen LogP contribution >= 0.6 is 0 Å². The first-order valence-corrected chi connectivity index (χ1v) is 9.57. The van der Waals surface area contributed by atoms with Gasteiger partial charge in [-0.15, -0.1) is 0 Å². The van der Waals surface area contributed by atoms with E-state index < -0.39 is 0 Å². The van der Waals surface area contributed by atoms with Crippen LogP contribution in [0.2, 0.25) is 0 Å². The molecule has 0 radical (unpaired) electrons. The van der Waals surface area contributed by atoms with E-state index in [0.29, 0.717) is 23.3 Å². The highest BCUT2D eigenvalue weighted by Gasteiger charge is 2.34. The van der Waals surface area contributed by atoms with E-state index in [1.165, 1.54) is 0 Å². The molecule has 4 rings (SSSR count). The van der Waals surface area contributed by atoms with Gasteiger partial charge < -0.3 is 14.6 Å². The number of hydrogen-bond donors (Lipinski definition) is 1. The fraction of sp³-hybridized carbons (Fsp3) is 0.318. The first-order valence-electron chi connectivity index (χ1n) is 9.57. The fourth-order valence-electron chi connectivity index (χ4n) is 3.68. The number of likely N-dealkylation sites (N-methyl/N-ethyl adjacent to an activating group) is 1. The Bertz CT molecular complexity index is 1010. The lowest BCUT2D eigenvalue weighted by Crippen LogP contribution is -2.30. The fourth-order valence-corrected chi connectivity index (χ4v) is 3.68. The van der Waals surface area contributed by atoms with Gasteiger partial charge in [0.05, 0.1) is 24.8 Å². The lowest BCUT2D eigenvalue weighted by molar-refractivity contribution is 0.244. The van der Waals surface area contributed by atoms with Gasteiger partial charge in [0.15, 0.2) is 0 Å².